The first-order chi connectivity index (χ1) is 13.4. The van der Waals surface area contributed by atoms with Gasteiger partial charge in [-0.05, 0) is 11.1 Å². The lowest BCUT2D eigenvalue weighted by atomic mass is 10.2. The van der Waals surface area contributed by atoms with Crippen LogP contribution in [0.25, 0.3) is 0 Å². The van der Waals surface area contributed by atoms with Crippen molar-refractivity contribution < 1.29 is 9.85 Å². The normalized spacial score (nSPS) is 11.1. The van der Waals surface area contributed by atoms with E-state index in [-0.39, 0.29) is 21.2 Å². The fourth-order valence-electron chi connectivity index (χ4n) is 2.04. The summed E-state index contributed by atoms with van der Waals surface area (Å²) < 4.78 is 0. The molecule has 0 radical (unpaired) electrons. The largest absolute Gasteiger partial charge is 0.269 e. The molecule has 2 aromatic rings. The van der Waals surface area contributed by atoms with E-state index < -0.39 is 9.85 Å². The molecule has 140 valence electrons. The molecule has 2 aromatic carbocycles. The molecule has 0 aliphatic heterocycles. The molecule has 0 aromatic heterocycles. The van der Waals surface area contributed by atoms with Crippen molar-refractivity contribution in [2.75, 3.05) is 0 Å². The summed E-state index contributed by atoms with van der Waals surface area (Å²) in [5, 5.41) is 40.1. The van der Waals surface area contributed by atoms with Gasteiger partial charge in [-0.2, -0.15) is 10.5 Å². The van der Waals surface area contributed by atoms with Crippen LogP contribution < -0.4 is 0 Å². The number of rotatable bonds is 8. The van der Waals surface area contributed by atoms with E-state index in [1.807, 2.05) is 12.1 Å². The van der Waals surface area contributed by atoms with Gasteiger partial charge >= 0.3 is 0 Å². The van der Waals surface area contributed by atoms with Crippen LogP contribution in [0.5, 0.6) is 0 Å². The van der Waals surface area contributed by atoms with Crippen LogP contribution in [-0.4, -0.2) is 9.85 Å². The van der Waals surface area contributed by atoms with E-state index in [1.165, 1.54) is 47.8 Å². The molecule has 0 aliphatic rings. The van der Waals surface area contributed by atoms with Crippen LogP contribution in [-0.2, 0) is 11.5 Å². The number of nitrogens with zero attached hydrogens (tertiary/aromatic N) is 4. The van der Waals surface area contributed by atoms with Gasteiger partial charge < -0.3 is 0 Å². The van der Waals surface area contributed by atoms with E-state index in [9.17, 15) is 30.8 Å². The minimum absolute atomic E-state index is 0.0128. The number of hydrogen-bond donors (Lipinski definition) is 0. The Kier molecular flexibility index (Phi) is 7.57. The van der Waals surface area contributed by atoms with E-state index in [4.69, 9.17) is 0 Å². The molecule has 8 nitrogen and oxygen atoms in total. The molecular formula is C18H12N4O4S2. The van der Waals surface area contributed by atoms with E-state index in [1.54, 1.807) is 24.3 Å². The molecule has 0 fully saturated rings. The van der Waals surface area contributed by atoms with Crippen LogP contribution in [0.15, 0.2) is 58.3 Å². The van der Waals surface area contributed by atoms with Crippen molar-refractivity contribution >= 4 is 34.9 Å². The number of non-ortho nitro benzene ring substituents is 2. The van der Waals surface area contributed by atoms with Crippen molar-refractivity contribution in [2.45, 2.75) is 11.5 Å². The molecule has 10 heteroatoms. The Morgan fingerprint density at radius 2 is 1.07 bits per heavy atom. The summed E-state index contributed by atoms with van der Waals surface area (Å²) in [6.45, 7) is 0. The lowest BCUT2D eigenvalue weighted by molar-refractivity contribution is -0.385. The Labute approximate surface area is 168 Å². The number of hydrogen-bond acceptors (Lipinski definition) is 8. The molecule has 0 bridgehead atoms. The van der Waals surface area contributed by atoms with Gasteiger partial charge in [0.05, 0.1) is 9.85 Å². The molecule has 0 amide bonds. The first-order valence-corrected chi connectivity index (χ1v) is 9.68. The fraction of sp³-hybridized carbons (Fsp3) is 0.111. The second-order valence-electron chi connectivity index (χ2n) is 5.31. The summed E-state index contributed by atoms with van der Waals surface area (Å²) in [6.07, 6.45) is 0. The third-order valence-electron chi connectivity index (χ3n) is 3.47. The summed E-state index contributed by atoms with van der Waals surface area (Å²) in [5.74, 6) is 0.786. The Bertz CT molecular complexity index is 909. The average Bonchev–Trinajstić information content (AvgIpc) is 2.71. The van der Waals surface area contributed by atoms with Crippen LogP contribution in [0.2, 0.25) is 0 Å². The zero-order chi connectivity index (χ0) is 20.5. The minimum Gasteiger partial charge on any atom is -0.258 e. The molecule has 0 N–H and O–H groups in total. The maximum atomic E-state index is 10.7. The maximum Gasteiger partial charge on any atom is 0.269 e. The van der Waals surface area contributed by atoms with Gasteiger partial charge in [-0.3, -0.25) is 20.2 Å². The van der Waals surface area contributed by atoms with Gasteiger partial charge in [-0.15, -0.1) is 23.5 Å². The van der Waals surface area contributed by atoms with Crippen molar-refractivity contribution in [3.05, 3.63) is 89.7 Å². The lowest BCUT2D eigenvalue weighted by Gasteiger charge is -2.04. The highest BCUT2D eigenvalue weighted by Crippen LogP contribution is 2.31. The van der Waals surface area contributed by atoms with E-state index in [2.05, 4.69) is 0 Å². The molecule has 0 saturated carbocycles. The monoisotopic (exact) mass is 412 g/mol. The topological polar surface area (TPSA) is 134 Å². The van der Waals surface area contributed by atoms with Crippen LogP contribution in [0.4, 0.5) is 11.4 Å². The van der Waals surface area contributed by atoms with Gasteiger partial charge in [0.2, 0.25) is 0 Å². The summed E-state index contributed by atoms with van der Waals surface area (Å²) in [6, 6.07) is 16.0. The van der Waals surface area contributed by atoms with Gasteiger partial charge in [0.25, 0.3) is 11.4 Å². The predicted molar refractivity (Wildman–Crippen MR) is 107 cm³/mol. The Morgan fingerprint density at radius 3 is 1.32 bits per heavy atom. The molecule has 0 heterocycles. The maximum absolute atomic E-state index is 10.7. The standard InChI is InChI=1S/C18H12N4O4S2/c19-9-17(27-11-13-1-5-15(6-2-13)21(23)24)18(10-20)28-12-14-3-7-16(8-4-14)22(25)26/h1-8H,11-12H2/b18-17-. The number of nitro groups is 2. The highest BCUT2D eigenvalue weighted by atomic mass is 32.2. The lowest BCUT2D eigenvalue weighted by Crippen LogP contribution is -1.90. The average molecular weight is 412 g/mol. The van der Waals surface area contributed by atoms with Crippen LogP contribution in [0, 0.1) is 42.9 Å². The molecular weight excluding hydrogens is 400 g/mol. The predicted octanol–water partition coefficient (Wildman–Crippen LogP) is 4.93. The third kappa shape index (κ3) is 5.84. The smallest absolute Gasteiger partial charge is 0.258 e. The van der Waals surface area contributed by atoms with E-state index in [0.717, 1.165) is 11.1 Å². The quantitative estimate of drug-likeness (QED) is 0.338. The first kappa shape index (κ1) is 21.0. The summed E-state index contributed by atoms with van der Waals surface area (Å²) >= 11 is 2.36. The summed E-state index contributed by atoms with van der Waals surface area (Å²) in [7, 11) is 0. The fourth-order valence-corrected chi connectivity index (χ4v) is 3.88. The molecule has 0 spiro atoms. The second-order valence-corrected chi connectivity index (χ2v) is 7.28. The number of thioether (sulfide) groups is 2. The second kappa shape index (κ2) is 10.1. The van der Waals surface area contributed by atoms with Crippen LogP contribution in [0.1, 0.15) is 11.1 Å². The highest BCUT2D eigenvalue weighted by molar-refractivity contribution is 8.06. The highest BCUT2D eigenvalue weighted by Gasteiger charge is 2.11. The number of allylic oxidation sites excluding steroid dienone is 2. The van der Waals surface area contributed by atoms with Crippen LogP contribution >= 0.6 is 23.5 Å². The van der Waals surface area contributed by atoms with E-state index >= 15 is 0 Å². The molecule has 28 heavy (non-hydrogen) atoms. The number of nitriles is 2. The molecule has 0 aliphatic carbocycles. The van der Waals surface area contributed by atoms with Crippen molar-refractivity contribution in [3.63, 3.8) is 0 Å². The van der Waals surface area contributed by atoms with Crippen molar-refractivity contribution in [3.8, 4) is 12.1 Å². The van der Waals surface area contributed by atoms with Crippen molar-refractivity contribution in [2.24, 2.45) is 0 Å². The number of nitro benzene ring substituents is 2. The van der Waals surface area contributed by atoms with Crippen LogP contribution in [0.3, 0.4) is 0 Å². The van der Waals surface area contributed by atoms with Gasteiger partial charge in [0.15, 0.2) is 0 Å². The summed E-state index contributed by atoms with van der Waals surface area (Å²) in [4.78, 5) is 20.9. The zero-order valence-corrected chi connectivity index (χ0v) is 15.9. The molecule has 0 unspecified atom stereocenters. The van der Waals surface area contributed by atoms with Gasteiger partial charge in [0, 0.05) is 35.8 Å². The molecule has 2 rings (SSSR count). The van der Waals surface area contributed by atoms with Gasteiger partial charge in [-0.25, -0.2) is 0 Å². The Balaban J connectivity index is 2.03. The SMILES string of the molecule is N#C/C(SCc1ccc([N+](=O)[O-])cc1)=C(\C#N)SCc1ccc([N+](=O)[O-])cc1. The van der Waals surface area contributed by atoms with Gasteiger partial charge in [0.1, 0.15) is 21.9 Å². The minimum atomic E-state index is -0.486. The number of benzene rings is 2. The zero-order valence-electron chi connectivity index (χ0n) is 14.3. The Morgan fingerprint density at radius 1 is 0.750 bits per heavy atom. The summed E-state index contributed by atoms with van der Waals surface area (Å²) in [5.41, 5.74) is 1.56. The first-order valence-electron chi connectivity index (χ1n) is 7.71. The van der Waals surface area contributed by atoms with E-state index in [0.29, 0.717) is 11.5 Å². The van der Waals surface area contributed by atoms with Gasteiger partial charge in [-0.1, -0.05) is 24.3 Å². The van der Waals surface area contributed by atoms with Crippen molar-refractivity contribution in [1.82, 2.24) is 0 Å². The molecule has 0 saturated heterocycles. The third-order valence-corrected chi connectivity index (χ3v) is 5.72. The Hall–Kier alpha value is -3.34. The molecule has 0 atom stereocenters. The van der Waals surface area contributed by atoms with Crippen molar-refractivity contribution in [1.29, 1.82) is 10.5 Å².